The molecule has 1 rings (SSSR count). The van der Waals surface area contributed by atoms with E-state index in [1.165, 1.54) is 0 Å². The molecule has 0 aliphatic rings. The van der Waals surface area contributed by atoms with Gasteiger partial charge in [0.2, 0.25) is 0 Å². The fraction of sp³-hybridized carbons (Fsp3) is 0.417. The van der Waals surface area contributed by atoms with Crippen LogP contribution in [0, 0.1) is 0 Å². The molecule has 4 heteroatoms. The van der Waals surface area contributed by atoms with E-state index >= 15 is 0 Å². The third-order valence-electron chi connectivity index (χ3n) is 2.23. The van der Waals surface area contributed by atoms with Crippen LogP contribution in [0.25, 0.3) is 0 Å². The molecule has 16 heavy (non-hydrogen) atoms. The highest BCUT2D eigenvalue weighted by atomic mass is 16.5. The van der Waals surface area contributed by atoms with Crippen LogP contribution < -0.4 is 16.2 Å². The Morgan fingerprint density at radius 1 is 1.25 bits per heavy atom. The van der Waals surface area contributed by atoms with Crippen molar-refractivity contribution in [2.45, 2.75) is 25.3 Å². The molecule has 0 saturated heterocycles. The van der Waals surface area contributed by atoms with Crippen molar-refractivity contribution >= 4 is 5.97 Å². The lowest BCUT2D eigenvalue weighted by atomic mass is 10.1. The normalized spacial score (nSPS) is 12.1. The Labute approximate surface area is 95.6 Å². The highest BCUT2D eigenvalue weighted by Gasteiger charge is 2.14. The number of carbonyl (C=O) groups excluding carboxylic acids is 1. The molecule has 4 N–H and O–H groups in total. The lowest BCUT2D eigenvalue weighted by Crippen LogP contribution is -2.34. The molecule has 0 unspecified atom stereocenters. The number of hydrogen-bond acceptors (Lipinski definition) is 4. The average Bonchev–Trinajstić information content (AvgIpc) is 2.30. The molecule has 4 nitrogen and oxygen atoms in total. The summed E-state index contributed by atoms with van der Waals surface area (Å²) < 4.78 is 5.11. The molecule has 0 fully saturated rings. The Bertz CT molecular complexity index is 314. The van der Waals surface area contributed by atoms with Gasteiger partial charge in [-0.05, 0) is 31.5 Å². The Kier molecular flexibility index (Phi) is 5.53. The largest absolute Gasteiger partial charge is 0.425 e. The van der Waals surface area contributed by atoms with Gasteiger partial charge in [0.25, 0.3) is 0 Å². The van der Waals surface area contributed by atoms with Crippen LogP contribution in [0.2, 0.25) is 0 Å². The number of ether oxygens (including phenoxy) is 1. The van der Waals surface area contributed by atoms with E-state index in [-0.39, 0.29) is 5.97 Å². The molecule has 0 amide bonds. The van der Waals surface area contributed by atoms with Crippen LogP contribution in [0.5, 0.6) is 5.75 Å². The SMILES string of the molecule is NCCCC[C@H](N)C(=O)Oc1ccccc1. The summed E-state index contributed by atoms with van der Waals surface area (Å²) in [4.78, 5) is 11.5. The van der Waals surface area contributed by atoms with E-state index in [1.54, 1.807) is 12.1 Å². The van der Waals surface area contributed by atoms with Gasteiger partial charge in [-0.15, -0.1) is 0 Å². The van der Waals surface area contributed by atoms with Gasteiger partial charge in [-0.25, -0.2) is 4.79 Å². The summed E-state index contributed by atoms with van der Waals surface area (Å²) in [5, 5.41) is 0. The first-order valence-corrected chi connectivity index (χ1v) is 5.46. The standard InChI is InChI=1S/C12H18N2O2/c13-9-5-4-8-11(14)12(15)16-10-6-2-1-3-7-10/h1-3,6-7,11H,4-5,8-9,13-14H2/t11-/m0/s1. The zero-order valence-electron chi connectivity index (χ0n) is 9.26. The van der Waals surface area contributed by atoms with E-state index in [9.17, 15) is 4.79 Å². The Morgan fingerprint density at radius 2 is 1.94 bits per heavy atom. The van der Waals surface area contributed by atoms with Crippen molar-refractivity contribution in [1.29, 1.82) is 0 Å². The van der Waals surface area contributed by atoms with Gasteiger partial charge in [-0.1, -0.05) is 24.6 Å². The second kappa shape index (κ2) is 6.98. The zero-order chi connectivity index (χ0) is 11.8. The van der Waals surface area contributed by atoms with Gasteiger partial charge in [0.1, 0.15) is 11.8 Å². The molecule has 1 aromatic rings. The first-order valence-electron chi connectivity index (χ1n) is 5.46. The molecule has 0 heterocycles. The van der Waals surface area contributed by atoms with Gasteiger partial charge in [-0.2, -0.15) is 0 Å². The lowest BCUT2D eigenvalue weighted by Gasteiger charge is -2.10. The van der Waals surface area contributed by atoms with Crippen LogP contribution in [0.15, 0.2) is 30.3 Å². The lowest BCUT2D eigenvalue weighted by molar-refractivity contribution is -0.136. The van der Waals surface area contributed by atoms with Gasteiger partial charge in [0.15, 0.2) is 0 Å². The summed E-state index contributed by atoms with van der Waals surface area (Å²) in [5.74, 6) is 0.144. The second-order valence-electron chi connectivity index (χ2n) is 3.63. The van der Waals surface area contributed by atoms with Gasteiger partial charge < -0.3 is 16.2 Å². The number of hydrogen-bond donors (Lipinski definition) is 2. The van der Waals surface area contributed by atoms with Crippen LogP contribution in [-0.2, 0) is 4.79 Å². The quantitative estimate of drug-likeness (QED) is 0.428. The minimum Gasteiger partial charge on any atom is -0.425 e. The highest BCUT2D eigenvalue weighted by molar-refractivity contribution is 5.77. The maximum atomic E-state index is 11.5. The van der Waals surface area contributed by atoms with E-state index in [4.69, 9.17) is 16.2 Å². The van der Waals surface area contributed by atoms with Crippen molar-refractivity contribution in [2.24, 2.45) is 11.5 Å². The predicted octanol–water partition coefficient (Wildman–Crippen LogP) is 1.05. The molecule has 88 valence electrons. The van der Waals surface area contributed by atoms with E-state index < -0.39 is 6.04 Å². The van der Waals surface area contributed by atoms with Gasteiger partial charge in [0.05, 0.1) is 0 Å². The summed E-state index contributed by atoms with van der Waals surface area (Å²) in [6, 6.07) is 8.37. The van der Waals surface area contributed by atoms with Crippen molar-refractivity contribution < 1.29 is 9.53 Å². The third-order valence-corrected chi connectivity index (χ3v) is 2.23. The van der Waals surface area contributed by atoms with E-state index in [0.29, 0.717) is 18.7 Å². The van der Waals surface area contributed by atoms with Gasteiger partial charge >= 0.3 is 5.97 Å². The minimum atomic E-state index is -0.563. The Balaban J connectivity index is 2.34. The number of para-hydroxylation sites is 1. The first kappa shape index (κ1) is 12.7. The van der Waals surface area contributed by atoms with Crippen molar-refractivity contribution in [2.75, 3.05) is 6.54 Å². The first-order chi connectivity index (χ1) is 7.74. The second-order valence-corrected chi connectivity index (χ2v) is 3.63. The van der Waals surface area contributed by atoms with Crippen LogP contribution >= 0.6 is 0 Å². The molecule has 0 saturated carbocycles. The molecule has 0 aliphatic heterocycles. The maximum Gasteiger partial charge on any atom is 0.328 e. The number of carbonyl (C=O) groups is 1. The van der Waals surface area contributed by atoms with Crippen molar-refractivity contribution in [3.63, 3.8) is 0 Å². The van der Waals surface area contributed by atoms with E-state index in [0.717, 1.165) is 12.8 Å². The molecular weight excluding hydrogens is 204 g/mol. The van der Waals surface area contributed by atoms with Gasteiger partial charge in [-0.3, -0.25) is 0 Å². The predicted molar refractivity (Wildman–Crippen MR) is 63.0 cm³/mol. The summed E-state index contributed by atoms with van der Waals surface area (Å²) in [6.45, 7) is 0.625. The summed E-state index contributed by atoms with van der Waals surface area (Å²) in [5.41, 5.74) is 11.0. The molecular formula is C12H18N2O2. The molecule has 0 aliphatic carbocycles. The van der Waals surface area contributed by atoms with Crippen LogP contribution in [0.3, 0.4) is 0 Å². The van der Waals surface area contributed by atoms with Crippen LogP contribution in [-0.4, -0.2) is 18.6 Å². The molecule has 0 aromatic heterocycles. The monoisotopic (exact) mass is 222 g/mol. The fourth-order valence-corrected chi connectivity index (χ4v) is 1.31. The van der Waals surface area contributed by atoms with Crippen molar-refractivity contribution in [3.8, 4) is 5.75 Å². The Hall–Kier alpha value is -1.39. The number of nitrogens with two attached hydrogens (primary N) is 2. The van der Waals surface area contributed by atoms with Crippen molar-refractivity contribution in [3.05, 3.63) is 30.3 Å². The van der Waals surface area contributed by atoms with Crippen LogP contribution in [0.4, 0.5) is 0 Å². The van der Waals surface area contributed by atoms with Crippen LogP contribution in [0.1, 0.15) is 19.3 Å². The maximum absolute atomic E-state index is 11.5. The van der Waals surface area contributed by atoms with E-state index in [1.807, 2.05) is 18.2 Å². The third kappa shape index (κ3) is 4.42. The molecule has 0 spiro atoms. The number of rotatable bonds is 6. The molecule has 0 bridgehead atoms. The van der Waals surface area contributed by atoms with Crippen molar-refractivity contribution in [1.82, 2.24) is 0 Å². The highest BCUT2D eigenvalue weighted by Crippen LogP contribution is 2.10. The topological polar surface area (TPSA) is 78.3 Å². The zero-order valence-corrected chi connectivity index (χ0v) is 9.26. The van der Waals surface area contributed by atoms with E-state index in [2.05, 4.69) is 0 Å². The smallest absolute Gasteiger partial charge is 0.328 e. The molecule has 1 atom stereocenters. The molecule has 0 radical (unpaired) electrons. The number of unbranched alkanes of at least 4 members (excludes halogenated alkanes) is 1. The average molecular weight is 222 g/mol. The van der Waals surface area contributed by atoms with Gasteiger partial charge in [0, 0.05) is 0 Å². The number of esters is 1. The summed E-state index contributed by atoms with van der Waals surface area (Å²) >= 11 is 0. The number of benzene rings is 1. The summed E-state index contributed by atoms with van der Waals surface area (Å²) in [6.07, 6.45) is 2.34. The minimum absolute atomic E-state index is 0.386. The Morgan fingerprint density at radius 3 is 2.56 bits per heavy atom. The fourth-order valence-electron chi connectivity index (χ4n) is 1.31. The summed E-state index contributed by atoms with van der Waals surface area (Å²) in [7, 11) is 0. The molecule has 1 aromatic carbocycles.